The summed E-state index contributed by atoms with van der Waals surface area (Å²) in [5.74, 6) is -0.513. The summed E-state index contributed by atoms with van der Waals surface area (Å²) in [6.07, 6.45) is 0. The lowest BCUT2D eigenvalue weighted by Gasteiger charge is -2.13. The number of rotatable bonds is 9. The molecule has 0 bridgehead atoms. The fraction of sp³-hybridized carbons (Fsp3) is 0.462. The fourth-order valence-electron chi connectivity index (χ4n) is 1.43. The summed E-state index contributed by atoms with van der Waals surface area (Å²) >= 11 is 5.99. The van der Waals surface area contributed by atoms with E-state index in [1.165, 1.54) is 19.2 Å². The second kappa shape index (κ2) is 8.63. The number of carboxylic acids is 1. The van der Waals surface area contributed by atoms with Gasteiger partial charge in [-0.05, 0) is 12.1 Å². The van der Waals surface area contributed by atoms with Gasteiger partial charge in [-0.3, -0.25) is 0 Å². The van der Waals surface area contributed by atoms with Crippen LogP contribution in [0.3, 0.4) is 0 Å². The van der Waals surface area contributed by atoms with Gasteiger partial charge < -0.3 is 24.1 Å². The molecule has 1 rings (SSSR count). The van der Waals surface area contributed by atoms with Crippen LogP contribution in [0.4, 0.5) is 0 Å². The Balaban J connectivity index is 2.62. The third kappa shape index (κ3) is 4.88. The number of benzene rings is 1. The van der Waals surface area contributed by atoms with Crippen molar-refractivity contribution in [3.05, 3.63) is 22.7 Å². The number of ether oxygens (including phenoxy) is 4. The van der Waals surface area contributed by atoms with Crippen molar-refractivity contribution in [3.63, 3.8) is 0 Å². The van der Waals surface area contributed by atoms with E-state index in [4.69, 9.17) is 35.7 Å². The van der Waals surface area contributed by atoms with Gasteiger partial charge in [0, 0.05) is 7.11 Å². The van der Waals surface area contributed by atoms with E-state index in [0.29, 0.717) is 25.6 Å². The molecule has 0 saturated carbocycles. The second-order valence-electron chi connectivity index (χ2n) is 3.75. The molecule has 1 N–H and O–H groups in total. The Morgan fingerprint density at radius 3 is 2.50 bits per heavy atom. The maximum atomic E-state index is 10.9. The molecule has 0 heterocycles. The number of aromatic carboxylic acids is 1. The monoisotopic (exact) mass is 304 g/mol. The first-order chi connectivity index (χ1) is 9.60. The molecular weight excluding hydrogens is 288 g/mol. The van der Waals surface area contributed by atoms with Crippen molar-refractivity contribution in [1.82, 2.24) is 0 Å². The van der Waals surface area contributed by atoms with E-state index in [0.717, 1.165) is 0 Å². The first-order valence-electron chi connectivity index (χ1n) is 5.90. The Labute approximate surface area is 122 Å². The van der Waals surface area contributed by atoms with Crippen molar-refractivity contribution in [2.24, 2.45) is 0 Å². The van der Waals surface area contributed by atoms with Gasteiger partial charge in [0.15, 0.2) is 11.5 Å². The molecule has 20 heavy (non-hydrogen) atoms. The van der Waals surface area contributed by atoms with Crippen LogP contribution >= 0.6 is 11.6 Å². The highest BCUT2D eigenvalue weighted by Crippen LogP contribution is 2.36. The highest BCUT2D eigenvalue weighted by molar-refractivity contribution is 6.32. The standard InChI is InChI=1S/C13H17ClO6/c1-17-3-4-19-5-6-20-12-10(14)7-9(13(15)16)8-11(12)18-2/h7-8H,3-6H2,1-2H3,(H,15,16). The van der Waals surface area contributed by atoms with E-state index in [1.54, 1.807) is 7.11 Å². The lowest BCUT2D eigenvalue weighted by Crippen LogP contribution is -2.11. The minimum Gasteiger partial charge on any atom is -0.493 e. The minimum absolute atomic E-state index is 0.0375. The zero-order valence-corrected chi connectivity index (χ0v) is 12.1. The molecule has 1 aromatic rings. The van der Waals surface area contributed by atoms with E-state index in [2.05, 4.69) is 0 Å². The van der Waals surface area contributed by atoms with Gasteiger partial charge in [-0.2, -0.15) is 0 Å². The Morgan fingerprint density at radius 2 is 1.90 bits per heavy atom. The number of carbonyl (C=O) groups is 1. The minimum atomic E-state index is -1.08. The summed E-state index contributed by atoms with van der Waals surface area (Å²) in [6, 6.07) is 2.67. The predicted molar refractivity (Wildman–Crippen MR) is 73.2 cm³/mol. The highest BCUT2D eigenvalue weighted by Gasteiger charge is 2.15. The molecule has 0 spiro atoms. The van der Waals surface area contributed by atoms with Gasteiger partial charge in [0.05, 0.1) is 37.5 Å². The van der Waals surface area contributed by atoms with E-state index in [1.807, 2.05) is 0 Å². The van der Waals surface area contributed by atoms with E-state index in [9.17, 15) is 4.79 Å². The van der Waals surface area contributed by atoms with Gasteiger partial charge in [-0.15, -0.1) is 0 Å². The van der Waals surface area contributed by atoms with Crippen LogP contribution in [0, 0.1) is 0 Å². The van der Waals surface area contributed by atoms with Crippen molar-refractivity contribution in [2.45, 2.75) is 0 Å². The fourth-order valence-corrected chi connectivity index (χ4v) is 1.70. The van der Waals surface area contributed by atoms with Gasteiger partial charge in [0.1, 0.15) is 6.61 Å². The summed E-state index contributed by atoms with van der Waals surface area (Å²) in [6.45, 7) is 1.62. The summed E-state index contributed by atoms with van der Waals surface area (Å²) < 4.78 is 20.6. The quantitative estimate of drug-likeness (QED) is 0.704. The summed E-state index contributed by atoms with van der Waals surface area (Å²) in [7, 11) is 3.01. The third-order valence-electron chi connectivity index (χ3n) is 2.38. The highest BCUT2D eigenvalue weighted by atomic mass is 35.5. The second-order valence-corrected chi connectivity index (χ2v) is 4.16. The molecule has 0 atom stereocenters. The average Bonchev–Trinajstić information content (AvgIpc) is 2.43. The predicted octanol–water partition coefficient (Wildman–Crippen LogP) is 2.09. The van der Waals surface area contributed by atoms with Crippen LogP contribution in [0.1, 0.15) is 10.4 Å². The third-order valence-corrected chi connectivity index (χ3v) is 2.66. The molecule has 0 saturated heterocycles. The maximum Gasteiger partial charge on any atom is 0.335 e. The van der Waals surface area contributed by atoms with E-state index in [-0.39, 0.29) is 22.9 Å². The van der Waals surface area contributed by atoms with Crippen molar-refractivity contribution in [1.29, 1.82) is 0 Å². The normalized spacial score (nSPS) is 10.3. The van der Waals surface area contributed by atoms with E-state index >= 15 is 0 Å². The van der Waals surface area contributed by atoms with Gasteiger partial charge in [0.2, 0.25) is 0 Å². The lowest BCUT2D eigenvalue weighted by atomic mass is 10.2. The van der Waals surface area contributed by atoms with Crippen LogP contribution in [0.15, 0.2) is 12.1 Å². The topological polar surface area (TPSA) is 74.2 Å². The molecule has 112 valence electrons. The molecule has 0 unspecified atom stereocenters. The number of hydrogen-bond donors (Lipinski definition) is 1. The molecule has 7 heteroatoms. The SMILES string of the molecule is COCCOCCOc1c(Cl)cc(C(=O)O)cc1OC. The Morgan fingerprint density at radius 1 is 1.20 bits per heavy atom. The van der Waals surface area contributed by atoms with Crippen LogP contribution in [-0.4, -0.2) is 51.7 Å². The van der Waals surface area contributed by atoms with Gasteiger partial charge in [-0.1, -0.05) is 11.6 Å². The van der Waals surface area contributed by atoms with Crippen LogP contribution in [0.5, 0.6) is 11.5 Å². The average molecular weight is 305 g/mol. The molecule has 0 aliphatic heterocycles. The van der Waals surface area contributed by atoms with Crippen molar-refractivity contribution in [2.75, 3.05) is 40.6 Å². The molecule has 1 aromatic carbocycles. The van der Waals surface area contributed by atoms with Gasteiger partial charge >= 0.3 is 5.97 Å². The van der Waals surface area contributed by atoms with Crippen LogP contribution in [0.25, 0.3) is 0 Å². The zero-order chi connectivity index (χ0) is 15.0. The van der Waals surface area contributed by atoms with Crippen molar-refractivity contribution >= 4 is 17.6 Å². The first kappa shape index (κ1) is 16.6. The molecule has 0 aliphatic rings. The van der Waals surface area contributed by atoms with Crippen LogP contribution < -0.4 is 9.47 Å². The largest absolute Gasteiger partial charge is 0.493 e. The summed E-state index contributed by atoms with van der Waals surface area (Å²) in [4.78, 5) is 10.9. The number of halogens is 1. The molecule has 0 amide bonds. The van der Waals surface area contributed by atoms with E-state index < -0.39 is 5.97 Å². The zero-order valence-electron chi connectivity index (χ0n) is 11.3. The van der Waals surface area contributed by atoms with Crippen molar-refractivity contribution < 1.29 is 28.8 Å². The Kier molecular flexibility index (Phi) is 7.14. The van der Waals surface area contributed by atoms with Crippen LogP contribution in [-0.2, 0) is 9.47 Å². The molecule has 0 fully saturated rings. The molecular formula is C13H17ClO6. The smallest absolute Gasteiger partial charge is 0.335 e. The molecule has 0 aromatic heterocycles. The molecule has 0 aliphatic carbocycles. The number of hydrogen-bond acceptors (Lipinski definition) is 5. The van der Waals surface area contributed by atoms with Gasteiger partial charge in [-0.25, -0.2) is 4.79 Å². The summed E-state index contributed by atoms with van der Waals surface area (Å²) in [5.41, 5.74) is 0.0375. The first-order valence-corrected chi connectivity index (χ1v) is 6.28. The molecule has 0 radical (unpaired) electrons. The Hall–Kier alpha value is -1.50. The summed E-state index contributed by atoms with van der Waals surface area (Å²) in [5, 5.41) is 9.11. The molecule has 6 nitrogen and oxygen atoms in total. The number of methoxy groups -OCH3 is 2. The van der Waals surface area contributed by atoms with Gasteiger partial charge in [0.25, 0.3) is 0 Å². The van der Waals surface area contributed by atoms with Crippen molar-refractivity contribution in [3.8, 4) is 11.5 Å². The Bertz CT molecular complexity index is 449. The van der Waals surface area contributed by atoms with Crippen LogP contribution in [0.2, 0.25) is 5.02 Å². The maximum absolute atomic E-state index is 10.9. The number of carboxylic acid groups (broad SMARTS) is 1. The lowest BCUT2D eigenvalue weighted by molar-refractivity contribution is 0.0540.